The Morgan fingerprint density at radius 1 is 0.946 bits per heavy atom. The molecule has 1 aromatic carbocycles. The van der Waals surface area contributed by atoms with Crippen LogP contribution < -0.4 is 5.56 Å². The van der Waals surface area contributed by atoms with Gasteiger partial charge in [0, 0.05) is 57.9 Å². The first-order chi connectivity index (χ1) is 17.8. The van der Waals surface area contributed by atoms with Gasteiger partial charge in [-0.25, -0.2) is 4.39 Å². The van der Waals surface area contributed by atoms with Crippen molar-refractivity contribution in [1.82, 2.24) is 19.3 Å². The molecule has 5 rings (SSSR count). The average Bonchev–Trinajstić information content (AvgIpc) is 2.89. The molecule has 3 aliphatic rings. The summed E-state index contributed by atoms with van der Waals surface area (Å²) in [6.45, 7) is 5.46. The van der Waals surface area contributed by atoms with E-state index in [4.69, 9.17) is 16.3 Å². The number of hydrogen-bond acceptors (Lipinski definition) is 6. The van der Waals surface area contributed by atoms with Crippen molar-refractivity contribution < 1.29 is 23.8 Å². The molecule has 9 nitrogen and oxygen atoms in total. The lowest BCUT2D eigenvalue weighted by Gasteiger charge is -2.34. The molecule has 2 amide bonds. The molecule has 37 heavy (non-hydrogen) atoms. The monoisotopic (exact) mass is 532 g/mol. The van der Waals surface area contributed by atoms with Crippen molar-refractivity contribution in [3.05, 3.63) is 61.8 Å². The summed E-state index contributed by atoms with van der Waals surface area (Å²) in [7, 11) is 0. The summed E-state index contributed by atoms with van der Waals surface area (Å²) in [5.74, 6) is -2.00. The van der Waals surface area contributed by atoms with Gasteiger partial charge in [0.05, 0.1) is 23.8 Å². The molecular weight excluding hydrogens is 503 g/mol. The zero-order valence-electron chi connectivity index (χ0n) is 20.5. The number of aromatic nitrogens is 1. The Morgan fingerprint density at radius 3 is 2.46 bits per heavy atom. The molecule has 0 saturated carbocycles. The van der Waals surface area contributed by atoms with E-state index in [0.29, 0.717) is 63.4 Å². The van der Waals surface area contributed by atoms with E-state index in [2.05, 4.69) is 4.90 Å². The van der Waals surface area contributed by atoms with Crippen LogP contribution in [0.5, 0.6) is 5.75 Å². The number of rotatable bonds is 5. The maximum Gasteiger partial charge on any atom is 0.294 e. The van der Waals surface area contributed by atoms with E-state index in [1.165, 1.54) is 27.7 Å². The number of halogens is 2. The second-order valence-electron chi connectivity index (χ2n) is 9.69. The Morgan fingerprint density at radius 2 is 1.70 bits per heavy atom. The minimum atomic E-state index is -0.725. The van der Waals surface area contributed by atoms with Crippen LogP contribution in [0.25, 0.3) is 0 Å². The highest BCUT2D eigenvalue weighted by molar-refractivity contribution is 6.30. The van der Waals surface area contributed by atoms with Crippen LogP contribution in [0, 0.1) is 5.82 Å². The molecule has 3 aliphatic heterocycles. The van der Waals surface area contributed by atoms with Gasteiger partial charge < -0.3 is 24.2 Å². The van der Waals surface area contributed by atoms with Crippen molar-refractivity contribution in [2.45, 2.75) is 32.4 Å². The summed E-state index contributed by atoms with van der Waals surface area (Å²) < 4.78 is 20.3. The number of pyridine rings is 1. The predicted octanol–water partition coefficient (Wildman–Crippen LogP) is 2.11. The lowest BCUT2D eigenvalue weighted by atomic mass is 9.94. The van der Waals surface area contributed by atoms with Crippen LogP contribution in [0.4, 0.5) is 4.39 Å². The fourth-order valence-electron chi connectivity index (χ4n) is 5.33. The zero-order chi connectivity index (χ0) is 26.1. The van der Waals surface area contributed by atoms with Crippen LogP contribution in [0.2, 0.25) is 5.02 Å². The second kappa shape index (κ2) is 10.8. The normalized spacial score (nSPS) is 18.9. The van der Waals surface area contributed by atoms with Gasteiger partial charge in [-0.2, -0.15) is 0 Å². The van der Waals surface area contributed by atoms with Crippen molar-refractivity contribution in [2.75, 3.05) is 52.5 Å². The van der Waals surface area contributed by atoms with Gasteiger partial charge in [-0.05, 0) is 37.0 Å². The third kappa shape index (κ3) is 5.10. The third-order valence-corrected chi connectivity index (χ3v) is 7.66. The number of morpholine rings is 1. The minimum Gasteiger partial charge on any atom is -0.502 e. The minimum absolute atomic E-state index is 0.0485. The molecule has 2 aromatic rings. The number of fused-ring (bicyclic) bond motifs is 3. The Labute approximate surface area is 219 Å². The van der Waals surface area contributed by atoms with Gasteiger partial charge in [-0.15, -0.1) is 0 Å². The highest BCUT2D eigenvalue weighted by Gasteiger charge is 2.36. The first kappa shape index (κ1) is 25.7. The molecule has 198 valence electrons. The van der Waals surface area contributed by atoms with Crippen molar-refractivity contribution >= 4 is 23.4 Å². The summed E-state index contributed by atoms with van der Waals surface area (Å²) in [6.07, 6.45) is 1.73. The summed E-state index contributed by atoms with van der Waals surface area (Å²) in [5, 5.41) is 10.8. The van der Waals surface area contributed by atoms with Gasteiger partial charge >= 0.3 is 0 Å². The lowest BCUT2D eigenvalue weighted by Crippen LogP contribution is -2.47. The van der Waals surface area contributed by atoms with Gasteiger partial charge in [0.15, 0.2) is 5.75 Å². The van der Waals surface area contributed by atoms with Crippen molar-refractivity contribution in [2.24, 2.45) is 0 Å². The van der Waals surface area contributed by atoms with Crippen LogP contribution in [-0.2, 0) is 24.2 Å². The summed E-state index contributed by atoms with van der Waals surface area (Å²) in [5.41, 5.74) is 0.405. The van der Waals surface area contributed by atoms with E-state index in [9.17, 15) is 23.9 Å². The molecule has 1 fully saturated rings. The Hall–Kier alpha value is -2.95. The first-order valence-corrected chi connectivity index (χ1v) is 13.0. The molecule has 1 aromatic heterocycles. The van der Waals surface area contributed by atoms with E-state index in [1.54, 1.807) is 4.90 Å². The summed E-state index contributed by atoms with van der Waals surface area (Å²) in [4.78, 5) is 46.0. The molecular formula is C26H30ClFN4O5. The van der Waals surface area contributed by atoms with Crippen molar-refractivity contribution in [3.8, 4) is 5.75 Å². The largest absolute Gasteiger partial charge is 0.502 e. The number of hydrogen-bond donors (Lipinski definition) is 1. The fourth-order valence-corrected chi connectivity index (χ4v) is 5.54. The standard InChI is InChI=1S/C26H30ClFN4O5/c27-19-15-17(3-4-20(19)28)16-31-8-5-18-21(24(31)34)23(33)26(36)32-7-2-1-6-30(25(35)22(18)32)10-9-29-11-13-37-14-12-29/h3-4,15,33H,1-2,5-14,16H2. The summed E-state index contributed by atoms with van der Waals surface area (Å²) in [6, 6.07) is 4.22. The van der Waals surface area contributed by atoms with E-state index in [0.717, 1.165) is 19.5 Å². The lowest BCUT2D eigenvalue weighted by molar-refractivity contribution is 0.0320. The number of carbonyl (C=O) groups excluding carboxylic acids is 2. The van der Waals surface area contributed by atoms with Crippen LogP contribution in [0.15, 0.2) is 23.0 Å². The van der Waals surface area contributed by atoms with Crippen molar-refractivity contribution in [1.29, 1.82) is 0 Å². The SMILES string of the molecule is O=C1c2c(c3n(c(=O)c2O)CCCCN(CCN2CCOCC2)C3=O)CCN1Cc1ccc(F)c(Cl)c1. The molecule has 0 spiro atoms. The predicted molar refractivity (Wildman–Crippen MR) is 135 cm³/mol. The number of benzene rings is 1. The topological polar surface area (TPSA) is 95.3 Å². The zero-order valence-corrected chi connectivity index (χ0v) is 21.3. The van der Waals surface area contributed by atoms with Crippen molar-refractivity contribution in [3.63, 3.8) is 0 Å². The number of nitrogens with zero attached hydrogens (tertiary/aromatic N) is 4. The molecule has 0 radical (unpaired) electrons. The number of ether oxygens (including phenoxy) is 1. The number of amides is 2. The van der Waals surface area contributed by atoms with Gasteiger partial charge in [0.2, 0.25) is 0 Å². The third-order valence-electron chi connectivity index (χ3n) is 7.37. The molecule has 0 bridgehead atoms. The second-order valence-corrected chi connectivity index (χ2v) is 10.1. The Balaban J connectivity index is 1.46. The molecule has 11 heteroatoms. The smallest absolute Gasteiger partial charge is 0.294 e. The van der Waals surface area contributed by atoms with Gasteiger partial charge in [0.1, 0.15) is 11.5 Å². The van der Waals surface area contributed by atoms with Gasteiger partial charge in [0.25, 0.3) is 17.4 Å². The maximum atomic E-state index is 13.8. The number of aromatic hydroxyl groups is 1. The van der Waals surface area contributed by atoms with E-state index in [-0.39, 0.29) is 35.3 Å². The van der Waals surface area contributed by atoms with E-state index < -0.39 is 23.0 Å². The molecule has 1 saturated heterocycles. The molecule has 0 aliphatic carbocycles. The maximum absolute atomic E-state index is 13.8. The van der Waals surface area contributed by atoms with Crippen LogP contribution in [0.3, 0.4) is 0 Å². The molecule has 0 unspecified atom stereocenters. The van der Waals surface area contributed by atoms with Crippen LogP contribution in [0.1, 0.15) is 44.8 Å². The quantitative estimate of drug-likeness (QED) is 0.634. The first-order valence-electron chi connectivity index (χ1n) is 12.7. The average molecular weight is 533 g/mol. The highest BCUT2D eigenvalue weighted by atomic mass is 35.5. The summed E-state index contributed by atoms with van der Waals surface area (Å²) >= 11 is 5.89. The van der Waals surface area contributed by atoms with Gasteiger partial charge in [-0.3, -0.25) is 19.3 Å². The molecule has 1 N–H and O–H groups in total. The van der Waals surface area contributed by atoms with Gasteiger partial charge in [-0.1, -0.05) is 17.7 Å². The van der Waals surface area contributed by atoms with E-state index >= 15 is 0 Å². The van der Waals surface area contributed by atoms with Crippen LogP contribution in [-0.4, -0.2) is 88.7 Å². The van der Waals surface area contributed by atoms with Crippen LogP contribution >= 0.6 is 11.6 Å². The fraction of sp³-hybridized carbons (Fsp3) is 0.500. The molecule has 4 heterocycles. The number of carbonyl (C=O) groups is 2. The Kier molecular flexibility index (Phi) is 7.50. The molecule has 0 atom stereocenters. The Bertz CT molecular complexity index is 1280. The highest BCUT2D eigenvalue weighted by Crippen LogP contribution is 2.30. The van der Waals surface area contributed by atoms with E-state index in [1.807, 2.05) is 0 Å².